The number of pyridine rings is 1. The lowest BCUT2D eigenvalue weighted by Gasteiger charge is -2.33. The minimum atomic E-state index is -0.458. The Kier molecular flexibility index (Phi) is 5.59. The Bertz CT molecular complexity index is 1200. The normalized spacial score (nSPS) is 19.8. The minimum Gasteiger partial charge on any atom is -0.473 e. The minimum absolute atomic E-state index is 0.224. The summed E-state index contributed by atoms with van der Waals surface area (Å²) in [6.07, 6.45) is 3.83. The number of hydrogen-bond donors (Lipinski definition) is 1. The van der Waals surface area contributed by atoms with Gasteiger partial charge in [0.1, 0.15) is 12.7 Å². The molecule has 0 aliphatic carbocycles. The molecule has 2 amide bonds. The highest BCUT2D eigenvalue weighted by Gasteiger charge is 2.28. The van der Waals surface area contributed by atoms with Crippen LogP contribution in [0.2, 0.25) is 0 Å². The van der Waals surface area contributed by atoms with Gasteiger partial charge in [-0.1, -0.05) is 12.1 Å². The van der Waals surface area contributed by atoms with Gasteiger partial charge in [0.25, 0.3) is 0 Å². The van der Waals surface area contributed by atoms with Crippen molar-refractivity contribution < 1.29 is 19.0 Å². The Morgan fingerprint density at radius 3 is 2.94 bits per heavy atom. The molecule has 1 atom stereocenters. The van der Waals surface area contributed by atoms with E-state index in [4.69, 9.17) is 24.9 Å². The van der Waals surface area contributed by atoms with E-state index in [1.165, 1.54) is 11.1 Å². The second kappa shape index (κ2) is 8.57. The molecule has 2 N–H and O–H groups in total. The summed E-state index contributed by atoms with van der Waals surface area (Å²) < 4.78 is 17.7. The third-order valence-electron chi connectivity index (χ3n) is 6.16. The average molecular weight is 450 g/mol. The Balaban J connectivity index is 1.45. The molecule has 3 aromatic rings. The SMILES string of the molecule is CC1(C)OCCc2cc(-c3cc4nccnc4c(OC[C@@H]4CN(C(N)=O)CCO4)n3)ccc21. The molecule has 4 heterocycles. The van der Waals surface area contributed by atoms with E-state index in [0.717, 1.165) is 17.7 Å². The standard InChI is InChI=1S/C24H27N5O4/c1-24(2)18-4-3-16(11-15(18)5-9-33-24)19-12-20-21(27-7-6-26-20)22(28-19)32-14-17-13-29(23(25)30)8-10-31-17/h3-4,6-7,11-12,17H,5,8-10,13-14H2,1-2H3,(H2,25,30)/t17-/m0/s1. The van der Waals surface area contributed by atoms with Gasteiger partial charge >= 0.3 is 6.03 Å². The van der Waals surface area contributed by atoms with Crippen molar-refractivity contribution in [2.45, 2.75) is 32.0 Å². The fraction of sp³-hybridized carbons (Fsp3) is 0.417. The van der Waals surface area contributed by atoms with Crippen molar-refractivity contribution in [3.63, 3.8) is 0 Å². The van der Waals surface area contributed by atoms with Gasteiger partial charge in [0.05, 0.1) is 36.6 Å². The van der Waals surface area contributed by atoms with Gasteiger partial charge in [-0.05, 0) is 43.5 Å². The average Bonchev–Trinajstić information content (AvgIpc) is 2.82. The monoisotopic (exact) mass is 449 g/mol. The van der Waals surface area contributed by atoms with Gasteiger partial charge in [-0.2, -0.15) is 0 Å². The highest BCUT2D eigenvalue weighted by atomic mass is 16.5. The van der Waals surface area contributed by atoms with Crippen molar-refractivity contribution in [1.29, 1.82) is 0 Å². The van der Waals surface area contributed by atoms with Gasteiger partial charge in [0.2, 0.25) is 5.88 Å². The summed E-state index contributed by atoms with van der Waals surface area (Å²) in [6.45, 7) is 6.37. The predicted octanol–water partition coefficient (Wildman–Crippen LogP) is 2.66. The molecule has 5 rings (SSSR count). The molecule has 172 valence electrons. The molecule has 1 aromatic carbocycles. The van der Waals surface area contributed by atoms with E-state index >= 15 is 0 Å². The lowest BCUT2D eigenvalue weighted by atomic mass is 9.87. The number of primary amides is 1. The number of aromatic nitrogens is 3. The summed E-state index contributed by atoms with van der Waals surface area (Å²) in [7, 11) is 0. The van der Waals surface area contributed by atoms with Crippen molar-refractivity contribution in [3.05, 3.63) is 47.8 Å². The van der Waals surface area contributed by atoms with Gasteiger partial charge < -0.3 is 24.8 Å². The quantitative estimate of drug-likeness (QED) is 0.651. The number of fused-ring (bicyclic) bond motifs is 2. The number of urea groups is 1. The maximum Gasteiger partial charge on any atom is 0.314 e. The number of carbonyl (C=O) groups excluding carboxylic acids is 1. The van der Waals surface area contributed by atoms with Crippen LogP contribution < -0.4 is 10.5 Å². The van der Waals surface area contributed by atoms with E-state index in [2.05, 4.69) is 42.0 Å². The van der Waals surface area contributed by atoms with Crippen molar-refractivity contribution in [2.24, 2.45) is 5.73 Å². The van der Waals surface area contributed by atoms with E-state index in [0.29, 0.717) is 43.2 Å². The molecular formula is C24H27N5O4. The summed E-state index contributed by atoms with van der Waals surface area (Å²) in [4.78, 5) is 26.7. The van der Waals surface area contributed by atoms with Gasteiger partial charge in [-0.25, -0.2) is 14.8 Å². The third-order valence-corrected chi connectivity index (χ3v) is 6.16. The highest BCUT2D eigenvalue weighted by Crippen LogP contribution is 2.35. The Morgan fingerprint density at radius 2 is 2.09 bits per heavy atom. The molecule has 2 aromatic heterocycles. The first-order valence-electron chi connectivity index (χ1n) is 11.1. The molecule has 0 unspecified atom stereocenters. The van der Waals surface area contributed by atoms with Gasteiger partial charge in [-0.15, -0.1) is 0 Å². The van der Waals surface area contributed by atoms with Crippen LogP contribution in [0.25, 0.3) is 22.3 Å². The van der Waals surface area contributed by atoms with Crippen LogP contribution in [0, 0.1) is 0 Å². The molecule has 2 aliphatic heterocycles. The van der Waals surface area contributed by atoms with Gasteiger partial charge in [0, 0.05) is 24.5 Å². The third kappa shape index (κ3) is 4.34. The van der Waals surface area contributed by atoms with Crippen LogP contribution in [0.3, 0.4) is 0 Å². The summed E-state index contributed by atoms with van der Waals surface area (Å²) in [5, 5.41) is 0. The van der Waals surface area contributed by atoms with Crippen molar-refractivity contribution in [1.82, 2.24) is 19.9 Å². The molecule has 0 radical (unpaired) electrons. The van der Waals surface area contributed by atoms with Gasteiger partial charge in [-0.3, -0.25) is 4.98 Å². The van der Waals surface area contributed by atoms with Crippen LogP contribution in [0.15, 0.2) is 36.7 Å². The number of rotatable bonds is 4. The number of carbonyl (C=O) groups is 1. The fourth-order valence-electron chi connectivity index (χ4n) is 4.43. The first kappa shape index (κ1) is 21.5. The van der Waals surface area contributed by atoms with Crippen LogP contribution in [-0.4, -0.2) is 64.9 Å². The smallest absolute Gasteiger partial charge is 0.314 e. The second-order valence-electron chi connectivity index (χ2n) is 8.81. The largest absolute Gasteiger partial charge is 0.473 e. The number of nitrogens with two attached hydrogens (primary N) is 1. The Labute approximate surface area is 191 Å². The topological polar surface area (TPSA) is 113 Å². The van der Waals surface area contributed by atoms with E-state index < -0.39 is 6.03 Å². The molecule has 9 heteroatoms. The van der Waals surface area contributed by atoms with E-state index in [-0.39, 0.29) is 18.3 Å². The zero-order chi connectivity index (χ0) is 23.0. The summed E-state index contributed by atoms with van der Waals surface area (Å²) in [5.41, 5.74) is 10.6. The van der Waals surface area contributed by atoms with E-state index in [1.807, 2.05) is 6.07 Å². The first-order chi connectivity index (χ1) is 15.9. The molecule has 0 bridgehead atoms. The van der Waals surface area contributed by atoms with Crippen LogP contribution in [0.5, 0.6) is 5.88 Å². The molecule has 2 aliphatic rings. The lowest BCUT2D eigenvalue weighted by molar-refractivity contribution is -0.0346. The fourth-order valence-corrected chi connectivity index (χ4v) is 4.43. The van der Waals surface area contributed by atoms with Crippen LogP contribution in [0.4, 0.5) is 4.79 Å². The highest BCUT2D eigenvalue weighted by molar-refractivity contribution is 5.83. The van der Waals surface area contributed by atoms with Crippen molar-refractivity contribution >= 4 is 17.1 Å². The number of amides is 2. The molecule has 9 nitrogen and oxygen atoms in total. The summed E-state index contributed by atoms with van der Waals surface area (Å²) in [6, 6.07) is 7.80. The lowest BCUT2D eigenvalue weighted by Crippen LogP contribution is -2.49. The zero-order valence-corrected chi connectivity index (χ0v) is 18.8. The second-order valence-corrected chi connectivity index (χ2v) is 8.81. The molecule has 1 fully saturated rings. The van der Waals surface area contributed by atoms with Gasteiger partial charge in [0.15, 0.2) is 5.52 Å². The van der Waals surface area contributed by atoms with Crippen LogP contribution in [-0.2, 0) is 21.5 Å². The number of hydrogen-bond acceptors (Lipinski definition) is 7. The number of benzene rings is 1. The first-order valence-corrected chi connectivity index (χ1v) is 11.1. The number of ether oxygens (including phenoxy) is 3. The van der Waals surface area contributed by atoms with E-state index in [9.17, 15) is 4.79 Å². The van der Waals surface area contributed by atoms with Crippen LogP contribution >= 0.6 is 0 Å². The summed E-state index contributed by atoms with van der Waals surface area (Å²) in [5.74, 6) is 0.386. The van der Waals surface area contributed by atoms with Crippen molar-refractivity contribution in [2.75, 3.05) is 32.9 Å². The Hall–Kier alpha value is -3.30. The molecule has 33 heavy (non-hydrogen) atoms. The number of nitrogens with zero attached hydrogens (tertiary/aromatic N) is 4. The number of morpholine rings is 1. The van der Waals surface area contributed by atoms with Crippen LogP contribution in [0.1, 0.15) is 25.0 Å². The molecule has 0 spiro atoms. The summed E-state index contributed by atoms with van der Waals surface area (Å²) >= 11 is 0. The molecular weight excluding hydrogens is 422 g/mol. The Morgan fingerprint density at radius 1 is 1.24 bits per heavy atom. The maximum atomic E-state index is 11.5. The predicted molar refractivity (Wildman–Crippen MR) is 122 cm³/mol. The van der Waals surface area contributed by atoms with Crippen molar-refractivity contribution in [3.8, 4) is 17.1 Å². The molecule has 1 saturated heterocycles. The molecule has 0 saturated carbocycles. The van der Waals surface area contributed by atoms with E-state index in [1.54, 1.807) is 17.3 Å². The maximum absolute atomic E-state index is 11.5. The zero-order valence-electron chi connectivity index (χ0n) is 18.8.